The predicted octanol–water partition coefficient (Wildman–Crippen LogP) is 3.23. The zero-order valence-electron chi connectivity index (χ0n) is 23.4. The number of aliphatic carboxylic acids is 1. The first-order chi connectivity index (χ1) is 17.4. The molecule has 3 N–H and O–H groups in total. The summed E-state index contributed by atoms with van der Waals surface area (Å²) < 4.78 is 0. The second kappa shape index (κ2) is 8.78. The van der Waals surface area contributed by atoms with Crippen molar-refractivity contribution in [3.63, 3.8) is 0 Å². The van der Waals surface area contributed by atoms with Crippen molar-refractivity contribution in [2.45, 2.75) is 92.8 Å². The number of aliphatic hydroxyl groups is 2. The van der Waals surface area contributed by atoms with E-state index in [1.165, 1.54) is 13.0 Å². The summed E-state index contributed by atoms with van der Waals surface area (Å²) in [6, 6.07) is 0. The quantitative estimate of drug-likeness (QED) is 0.461. The van der Waals surface area contributed by atoms with Crippen molar-refractivity contribution < 1.29 is 39.3 Å². The van der Waals surface area contributed by atoms with Gasteiger partial charge in [-0.2, -0.15) is 0 Å². The number of hydrogen-bond donors (Lipinski definition) is 3. The van der Waals surface area contributed by atoms with E-state index >= 15 is 0 Å². The molecule has 0 heterocycles. The lowest BCUT2D eigenvalue weighted by Crippen LogP contribution is -2.64. The average molecular weight is 529 g/mol. The zero-order chi connectivity index (χ0) is 28.7. The Bertz CT molecular complexity index is 1210. The molecule has 2 saturated carbocycles. The van der Waals surface area contributed by atoms with Crippen molar-refractivity contribution >= 4 is 29.1 Å². The highest BCUT2D eigenvalue weighted by Crippen LogP contribution is 2.69. The minimum atomic E-state index is -1.57. The minimum absolute atomic E-state index is 0.0458. The molecule has 0 spiro atoms. The SMILES string of the molecule is C/C(=C/C(=O)CC(C)C(=O)O)[C@H]1CC(=O)[C@@]2(C)C3=C(C(=O)[C@@H](O)[C@]12C)[C@@]1(C)CC[C@H](O)C(C)(C)[C@@H]1CC3=O. The van der Waals surface area contributed by atoms with Crippen LogP contribution in [-0.4, -0.2) is 56.6 Å². The molecule has 0 aliphatic heterocycles. The molecule has 4 aliphatic rings. The third kappa shape index (κ3) is 3.52. The molecule has 8 atom stereocenters. The Morgan fingerprint density at radius 1 is 1.03 bits per heavy atom. The van der Waals surface area contributed by atoms with E-state index in [0.717, 1.165) is 0 Å². The smallest absolute Gasteiger partial charge is 0.306 e. The van der Waals surface area contributed by atoms with Gasteiger partial charge in [-0.05, 0) is 50.0 Å². The number of fused-ring (bicyclic) bond motifs is 4. The van der Waals surface area contributed by atoms with Gasteiger partial charge in [0.25, 0.3) is 0 Å². The molecule has 0 amide bonds. The first-order valence-corrected chi connectivity index (χ1v) is 13.5. The van der Waals surface area contributed by atoms with Crippen LogP contribution in [0.1, 0.15) is 80.6 Å². The first kappa shape index (κ1) is 28.6. The number of carboxylic acids is 1. The highest BCUT2D eigenvalue weighted by Gasteiger charge is 2.73. The van der Waals surface area contributed by atoms with Crippen LogP contribution in [0.25, 0.3) is 0 Å². The number of Topliss-reactive ketones (excluding diaryl/α,β-unsaturated/α-hetero) is 3. The molecular formula is C30H40O8. The molecule has 208 valence electrons. The van der Waals surface area contributed by atoms with Crippen LogP contribution in [0.15, 0.2) is 22.8 Å². The summed E-state index contributed by atoms with van der Waals surface area (Å²) in [5, 5.41) is 31.6. The number of carbonyl (C=O) groups is 5. The van der Waals surface area contributed by atoms with Crippen LogP contribution in [0, 0.1) is 39.4 Å². The standard InChI is InChI=1S/C30H40O8/c1-14(10-16(31)11-15(2)26(37)38)17-12-21(34)30(7)22-18(32)13-19-27(3,4)20(33)8-9-28(19,5)23(22)24(35)25(36)29(17,30)6/h10,15,17,19-20,25,33,36H,8-9,11-13H2,1-7H3,(H,37,38)/b14-10-/t15?,17-,19+,20+,25-,28+,29+,30+/m1/s1. The van der Waals surface area contributed by atoms with E-state index < -0.39 is 63.2 Å². The lowest BCUT2D eigenvalue weighted by Gasteiger charge is -2.60. The Morgan fingerprint density at radius 2 is 1.63 bits per heavy atom. The minimum Gasteiger partial charge on any atom is -0.481 e. The topological polar surface area (TPSA) is 146 Å². The van der Waals surface area contributed by atoms with Gasteiger partial charge in [0.05, 0.1) is 17.4 Å². The van der Waals surface area contributed by atoms with Crippen LogP contribution in [0.2, 0.25) is 0 Å². The van der Waals surface area contributed by atoms with Crippen LogP contribution in [0.4, 0.5) is 0 Å². The second-order valence-corrected chi connectivity index (χ2v) is 13.4. The molecule has 8 heteroatoms. The summed E-state index contributed by atoms with van der Waals surface area (Å²) in [5.74, 6) is -4.48. The molecule has 0 saturated heterocycles. The van der Waals surface area contributed by atoms with Crippen LogP contribution >= 0.6 is 0 Å². The van der Waals surface area contributed by atoms with Crippen molar-refractivity contribution in [2.24, 2.45) is 39.4 Å². The second-order valence-electron chi connectivity index (χ2n) is 13.4. The summed E-state index contributed by atoms with van der Waals surface area (Å²) in [4.78, 5) is 65.7. The Kier molecular flexibility index (Phi) is 6.60. The fourth-order valence-electron chi connectivity index (χ4n) is 8.44. The van der Waals surface area contributed by atoms with E-state index in [-0.39, 0.29) is 47.9 Å². The zero-order valence-corrected chi connectivity index (χ0v) is 23.4. The van der Waals surface area contributed by atoms with Gasteiger partial charge in [0.2, 0.25) is 0 Å². The molecule has 0 aromatic carbocycles. The Labute approximate surface area is 223 Å². The van der Waals surface area contributed by atoms with Gasteiger partial charge in [-0.15, -0.1) is 0 Å². The number of ketones is 4. The molecular weight excluding hydrogens is 488 g/mol. The number of allylic oxidation sites excluding steroid dienone is 3. The molecule has 1 unspecified atom stereocenters. The Hall–Kier alpha value is -2.45. The van der Waals surface area contributed by atoms with Crippen molar-refractivity contribution in [3.8, 4) is 0 Å². The molecule has 8 nitrogen and oxygen atoms in total. The van der Waals surface area contributed by atoms with E-state index in [9.17, 15) is 34.2 Å². The number of carboxylic acid groups (broad SMARTS) is 1. The van der Waals surface area contributed by atoms with Crippen LogP contribution in [-0.2, 0) is 24.0 Å². The van der Waals surface area contributed by atoms with Crippen molar-refractivity contribution in [1.29, 1.82) is 0 Å². The number of aliphatic hydroxyl groups excluding tert-OH is 2. The van der Waals surface area contributed by atoms with E-state index in [4.69, 9.17) is 5.11 Å². The molecule has 0 aromatic rings. The van der Waals surface area contributed by atoms with Crippen LogP contribution in [0.3, 0.4) is 0 Å². The van der Waals surface area contributed by atoms with Crippen LogP contribution < -0.4 is 0 Å². The summed E-state index contributed by atoms with van der Waals surface area (Å²) in [5.41, 5.74) is -3.28. The van der Waals surface area contributed by atoms with Gasteiger partial charge < -0.3 is 15.3 Å². The van der Waals surface area contributed by atoms with Crippen LogP contribution in [0.5, 0.6) is 0 Å². The molecule has 2 fully saturated rings. The van der Waals surface area contributed by atoms with E-state index in [1.54, 1.807) is 20.8 Å². The molecule has 38 heavy (non-hydrogen) atoms. The fraction of sp³-hybridized carbons (Fsp3) is 0.700. The lowest BCUT2D eigenvalue weighted by molar-refractivity contribution is -0.156. The van der Waals surface area contributed by atoms with Crippen molar-refractivity contribution in [2.75, 3.05) is 0 Å². The number of rotatable bonds is 5. The molecule has 4 rings (SSSR count). The highest BCUT2D eigenvalue weighted by molar-refractivity contribution is 6.18. The Balaban J connectivity index is 1.86. The summed E-state index contributed by atoms with van der Waals surface area (Å²) in [6.07, 6.45) is -0.130. The normalized spacial score (nSPS) is 41.4. The van der Waals surface area contributed by atoms with Gasteiger partial charge in [-0.1, -0.05) is 40.2 Å². The van der Waals surface area contributed by atoms with Gasteiger partial charge in [0.15, 0.2) is 17.3 Å². The maximum atomic E-state index is 14.1. The number of carbonyl (C=O) groups excluding carboxylic acids is 4. The summed E-state index contributed by atoms with van der Waals surface area (Å²) in [6.45, 7) is 12.1. The predicted molar refractivity (Wildman–Crippen MR) is 138 cm³/mol. The van der Waals surface area contributed by atoms with Gasteiger partial charge in [-0.3, -0.25) is 24.0 Å². The summed E-state index contributed by atoms with van der Waals surface area (Å²) in [7, 11) is 0. The molecule has 0 radical (unpaired) electrons. The van der Waals surface area contributed by atoms with Crippen molar-refractivity contribution in [3.05, 3.63) is 22.8 Å². The summed E-state index contributed by atoms with van der Waals surface area (Å²) >= 11 is 0. The van der Waals surface area contributed by atoms with Gasteiger partial charge in [0, 0.05) is 41.2 Å². The molecule has 4 aliphatic carbocycles. The maximum Gasteiger partial charge on any atom is 0.306 e. The van der Waals surface area contributed by atoms with Gasteiger partial charge in [-0.25, -0.2) is 0 Å². The largest absolute Gasteiger partial charge is 0.481 e. The maximum absolute atomic E-state index is 14.1. The van der Waals surface area contributed by atoms with E-state index in [0.29, 0.717) is 18.4 Å². The Morgan fingerprint density at radius 3 is 2.21 bits per heavy atom. The van der Waals surface area contributed by atoms with Gasteiger partial charge >= 0.3 is 5.97 Å². The first-order valence-electron chi connectivity index (χ1n) is 13.5. The lowest BCUT2D eigenvalue weighted by atomic mass is 9.42. The number of hydrogen-bond acceptors (Lipinski definition) is 7. The third-order valence-corrected chi connectivity index (χ3v) is 11.1. The average Bonchev–Trinajstić information content (AvgIpc) is 3.03. The van der Waals surface area contributed by atoms with Crippen molar-refractivity contribution in [1.82, 2.24) is 0 Å². The van der Waals surface area contributed by atoms with E-state index in [1.807, 2.05) is 20.8 Å². The fourth-order valence-corrected chi connectivity index (χ4v) is 8.44. The third-order valence-electron chi connectivity index (χ3n) is 11.1. The highest BCUT2D eigenvalue weighted by atomic mass is 16.4. The monoisotopic (exact) mass is 528 g/mol. The van der Waals surface area contributed by atoms with E-state index in [2.05, 4.69) is 0 Å². The molecule has 0 bridgehead atoms. The van der Waals surface area contributed by atoms with Gasteiger partial charge in [0.1, 0.15) is 11.9 Å². The molecule has 0 aromatic heterocycles.